The molecule has 1 aliphatic heterocycles. The molecule has 0 unspecified atom stereocenters. The summed E-state index contributed by atoms with van der Waals surface area (Å²) in [4.78, 5) is 18.9. The van der Waals surface area contributed by atoms with E-state index in [2.05, 4.69) is 27.3 Å². The normalized spacial score (nSPS) is 15.5. The van der Waals surface area contributed by atoms with Crippen molar-refractivity contribution >= 4 is 5.91 Å². The summed E-state index contributed by atoms with van der Waals surface area (Å²) in [6.07, 6.45) is -1.44. The number of carbonyl (C=O) groups excluding carboxylic acids is 1. The Hall–Kier alpha value is -3.19. The molecule has 1 saturated heterocycles. The second kappa shape index (κ2) is 9.53. The van der Waals surface area contributed by atoms with Crippen LogP contribution in [-0.2, 0) is 12.7 Å². The molecule has 1 aromatic heterocycles. The standard InChI is InChI=1S/C25H24F3N3O/c26-25(27,28)22-7-4-14-29-23(22)19-8-10-20(11-9-19)24(32)30-21-12-15-31(16-13-21)17-18-5-2-1-3-6-18/h1-11,14,21H,12-13,15-17H2,(H,30,32). The van der Waals surface area contributed by atoms with Crippen LogP contribution in [-0.4, -0.2) is 34.9 Å². The minimum Gasteiger partial charge on any atom is -0.349 e. The Morgan fingerprint density at radius 1 is 0.969 bits per heavy atom. The van der Waals surface area contributed by atoms with Crippen molar-refractivity contribution in [1.29, 1.82) is 0 Å². The van der Waals surface area contributed by atoms with Crippen LogP contribution in [0.5, 0.6) is 0 Å². The molecule has 3 aromatic rings. The Morgan fingerprint density at radius 3 is 2.31 bits per heavy atom. The average Bonchev–Trinajstić information content (AvgIpc) is 2.80. The minimum absolute atomic E-state index is 0.0850. The first-order valence-electron chi connectivity index (χ1n) is 10.6. The molecular formula is C25H24F3N3O. The molecule has 1 aliphatic rings. The highest BCUT2D eigenvalue weighted by Crippen LogP contribution is 2.35. The van der Waals surface area contributed by atoms with Crippen molar-refractivity contribution in [1.82, 2.24) is 15.2 Å². The summed E-state index contributed by atoms with van der Waals surface area (Å²) < 4.78 is 39.7. The number of piperidine rings is 1. The maximum atomic E-state index is 13.2. The Balaban J connectivity index is 1.34. The van der Waals surface area contributed by atoms with Gasteiger partial charge in [0.15, 0.2) is 0 Å². The summed E-state index contributed by atoms with van der Waals surface area (Å²) in [6, 6.07) is 18.8. The number of hydrogen-bond acceptors (Lipinski definition) is 3. The summed E-state index contributed by atoms with van der Waals surface area (Å²) in [6.45, 7) is 2.70. The number of nitrogens with one attached hydrogen (secondary N) is 1. The predicted molar refractivity (Wildman–Crippen MR) is 117 cm³/mol. The van der Waals surface area contributed by atoms with Gasteiger partial charge in [0.2, 0.25) is 0 Å². The van der Waals surface area contributed by atoms with E-state index >= 15 is 0 Å². The van der Waals surface area contributed by atoms with Crippen molar-refractivity contribution < 1.29 is 18.0 Å². The van der Waals surface area contributed by atoms with Crippen molar-refractivity contribution in [2.45, 2.75) is 31.6 Å². The molecule has 0 atom stereocenters. The van der Waals surface area contributed by atoms with Gasteiger partial charge in [-0.1, -0.05) is 42.5 Å². The van der Waals surface area contributed by atoms with Crippen LogP contribution < -0.4 is 5.32 Å². The number of hydrogen-bond donors (Lipinski definition) is 1. The Morgan fingerprint density at radius 2 is 1.66 bits per heavy atom. The first-order chi connectivity index (χ1) is 15.4. The predicted octanol–water partition coefficient (Wildman–Crippen LogP) is 5.16. The van der Waals surface area contributed by atoms with Crippen LogP contribution >= 0.6 is 0 Å². The number of nitrogens with zero attached hydrogens (tertiary/aromatic N) is 2. The average molecular weight is 439 g/mol. The van der Waals surface area contributed by atoms with E-state index < -0.39 is 11.7 Å². The summed E-state index contributed by atoms with van der Waals surface area (Å²) >= 11 is 0. The van der Waals surface area contributed by atoms with Gasteiger partial charge in [-0.15, -0.1) is 0 Å². The molecule has 2 aromatic carbocycles. The van der Waals surface area contributed by atoms with E-state index in [1.165, 1.54) is 30.0 Å². The van der Waals surface area contributed by atoms with Gasteiger partial charge in [-0.3, -0.25) is 14.7 Å². The minimum atomic E-state index is -4.49. The zero-order valence-electron chi connectivity index (χ0n) is 17.5. The van der Waals surface area contributed by atoms with Crippen molar-refractivity contribution in [2.75, 3.05) is 13.1 Å². The Labute approximate surface area is 185 Å². The van der Waals surface area contributed by atoms with Crippen LogP contribution in [0.25, 0.3) is 11.3 Å². The molecule has 1 N–H and O–H groups in total. The Kier molecular flexibility index (Phi) is 6.55. The van der Waals surface area contributed by atoms with Gasteiger partial charge in [0.05, 0.1) is 11.3 Å². The SMILES string of the molecule is O=C(NC1CCN(Cc2ccccc2)CC1)c1ccc(-c2ncccc2C(F)(F)F)cc1. The van der Waals surface area contributed by atoms with Gasteiger partial charge in [-0.25, -0.2) is 0 Å². The van der Waals surface area contributed by atoms with Crippen molar-refractivity contribution in [3.05, 3.63) is 89.6 Å². The highest BCUT2D eigenvalue weighted by atomic mass is 19.4. The molecule has 7 heteroatoms. The summed E-state index contributed by atoms with van der Waals surface area (Å²) in [5, 5.41) is 3.05. The molecule has 0 aliphatic carbocycles. The van der Waals surface area contributed by atoms with E-state index in [-0.39, 0.29) is 17.6 Å². The molecule has 0 bridgehead atoms. The van der Waals surface area contributed by atoms with Crippen LogP contribution in [0, 0.1) is 0 Å². The summed E-state index contributed by atoms with van der Waals surface area (Å²) in [5.41, 5.74) is 1.09. The van der Waals surface area contributed by atoms with Gasteiger partial charge in [0.1, 0.15) is 0 Å². The molecule has 4 rings (SSSR count). The van der Waals surface area contributed by atoms with Crippen molar-refractivity contribution in [2.24, 2.45) is 0 Å². The number of pyridine rings is 1. The molecule has 166 valence electrons. The zero-order valence-corrected chi connectivity index (χ0v) is 17.5. The zero-order chi connectivity index (χ0) is 22.6. The van der Waals surface area contributed by atoms with Gasteiger partial charge in [-0.2, -0.15) is 13.2 Å². The second-order valence-electron chi connectivity index (χ2n) is 7.98. The maximum absolute atomic E-state index is 13.2. The van der Waals surface area contributed by atoms with Crippen LogP contribution in [0.15, 0.2) is 72.9 Å². The van der Waals surface area contributed by atoms with Gasteiger partial charge < -0.3 is 5.32 Å². The first kappa shape index (κ1) is 22.0. The number of likely N-dealkylation sites (tertiary alicyclic amines) is 1. The highest BCUT2D eigenvalue weighted by Gasteiger charge is 2.34. The van der Waals surface area contributed by atoms with E-state index in [1.54, 1.807) is 12.1 Å². The third-order valence-corrected chi connectivity index (χ3v) is 5.71. The first-order valence-corrected chi connectivity index (χ1v) is 10.6. The van der Waals surface area contributed by atoms with E-state index in [1.807, 2.05) is 18.2 Å². The quantitative estimate of drug-likeness (QED) is 0.597. The molecule has 1 amide bonds. The van der Waals surface area contributed by atoms with Crippen LogP contribution in [0.4, 0.5) is 13.2 Å². The lowest BCUT2D eigenvalue weighted by atomic mass is 10.0. The third kappa shape index (κ3) is 5.34. The molecule has 0 radical (unpaired) electrons. The maximum Gasteiger partial charge on any atom is 0.418 e. The number of rotatable bonds is 5. The Bertz CT molecular complexity index is 1040. The number of halogens is 3. The van der Waals surface area contributed by atoms with E-state index in [4.69, 9.17) is 0 Å². The van der Waals surface area contributed by atoms with Crippen molar-refractivity contribution in [3.63, 3.8) is 0 Å². The molecular weight excluding hydrogens is 415 g/mol. The van der Waals surface area contributed by atoms with E-state index in [0.29, 0.717) is 11.1 Å². The van der Waals surface area contributed by atoms with Gasteiger partial charge in [-0.05, 0) is 42.7 Å². The molecule has 2 heterocycles. The van der Waals surface area contributed by atoms with Crippen LogP contribution in [0.2, 0.25) is 0 Å². The molecule has 32 heavy (non-hydrogen) atoms. The monoisotopic (exact) mass is 439 g/mol. The molecule has 4 nitrogen and oxygen atoms in total. The lowest BCUT2D eigenvalue weighted by molar-refractivity contribution is -0.137. The van der Waals surface area contributed by atoms with Gasteiger partial charge in [0.25, 0.3) is 5.91 Å². The number of benzene rings is 2. The van der Waals surface area contributed by atoms with Crippen molar-refractivity contribution in [3.8, 4) is 11.3 Å². The number of alkyl halides is 3. The molecule has 1 fully saturated rings. The fourth-order valence-corrected chi connectivity index (χ4v) is 3.99. The largest absolute Gasteiger partial charge is 0.418 e. The lowest BCUT2D eigenvalue weighted by Crippen LogP contribution is -2.44. The number of amides is 1. The molecule has 0 spiro atoms. The number of aromatic nitrogens is 1. The topological polar surface area (TPSA) is 45.2 Å². The third-order valence-electron chi connectivity index (χ3n) is 5.71. The summed E-state index contributed by atoms with van der Waals surface area (Å²) in [5.74, 6) is -0.213. The lowest BCUT2D eigenvalue weighted by Gasteiger charge is -2.32. The van der Waals surface area contributed by atoms with Crippen LogP contribution in [0.3, 0.4) is 0 Å². The highest BCUT2D eigenvalue weighted by molar-refractivity contribution is 5.94. The smallest absolute Gasteiger partial charge is 0.349 e. The fourth-order valence-electron chi connectivity index (χ4n) is 3.99. The van der Waals surface area contributed by atoms with Gasteiger partial charge >= 0.3 is 6.18 Å². The van der Waals surface area contributed by atoms with E-state index in [0.717, 1.165) is 38.5 Å². The van der Waals surface area contributed by atoms with E-state index in [9.17, 15) is 18.0 Å². The van der Waals surface area contributed by atoms with Gasteiger partial charge in [0, 0.05) is 43.0 Å². The van der Waals surface area contributed by atoms with Crippen LogP contribution in [0.1, 0.15) is 34.3 Å². The number of carbonyl (C=O) groups is 1. The summed E-state index contributed by atoms with van der Waals surface area (Å²) in [7, 11) is 0. The fraction of sp³-hybridized carbons (Fsp3) is 0.280. The second-order valence-corrected chi connectivity index (χ2v) is 7.98. The molecule has 0 saturated carbocycles.